The van der Waals surface area contributed by atoms with Gasteiger partial charge < -0.3 is 0 Å². The van der Waals surface area contributed by atoms with E-state index in [0.717, 1.165) is 29.7 Å². The standard InChI is InChI=1S/C15H18N2O/c1-4-10-17-13(8-9-16-17)15(18)14-11(2)6-5-7-12(14)3/h5-9H,4,10H2,1-3H3. The van der Waals surface area contributed by atoms with Crippen molar-refractivity contribution in [2.45, 2.75) is 33.7 Å². The number of ketones is 1. The first-order valence-corrected chi connectivity index (χ1v) is 6.28. The Labute approximate surface area is 107 Å². The Morgan fingerprint density at radius 3 is 2.50 bits per heavy atom. The van der Waals surface area contributed by atoms with Crippen LogP contribution in [0, 0.1) is 13.8 Å². The zero-order valence-electron chi connectivity index (χ0n) is 11.1. The van der Waals surface area contributed by atoms with E-state index in [-0.39, 0.29) is 5.78 Å². The number of aromatic nitrogens is 2. The summed E-state index contributed by atoms with van der Waals surface area (Å²) in [7, 11) is 0. The first kappa shape index (κ1) is 12.6. The molecule has 0 radical (unpaired) electrons. The Hall–Kier alpha value is -1.90. The smallest absolute Gasteiger partial charge is 0.211 e. The molecule has 0 bridgehead atoms. The molecule has 0 unspecified atom stereocenters. The highest BCUT2D eigenvalue weighted by Crippen LogP contribution is 2.18. The Morgan fingerprint density at radius 2 is 1.89 bits per heavy atom. The van der Waals surface area contributed by atoms with Gasteiger partial charge in [-0.2, -0.15) is 5.10 Å². The number of aryl methyl sites for hydroxylation is 3. The van der Waals surface area contributed by atoms with Crippen molar-refractivity contribution in [3.63, 3.8) is 0 Å². The maximum Gasteiger partial charge on any atom is 0.211 e. The third-order valence-electron chi connectivity index (χ3n) is 3.09. The van der Waals surface area contributed by atoms with Crippen molar-refractivity contribution in [1.82, 2.24) is 9.78 Å². The van der Waals surface area contributed by atoms with E-state index in [1.54, 1.807) is 16.9 Å². The Bertz CT molecular complexity index is 549. The molecule has 2 rings (SSSR count). The predicted molar refractivity (Wildman–Crippen MR) is 71.9 cm³/mol. The van der Waals surface area contributed by atoms with E-state index in [9.17, 15) is 4.79 Å². The lowest BCUT2D eigenvalue weighted by molar-refractivity contribution is 0.102. The Balaban J connectivity index is 2.45. The van der Waals surface area contributed by atoms with Gasteiger partial charge in [-0.25, -0.2) is 0 Å². The van der Waals surface area contributed by atoms with Gasteiger partial charge in [0, 0.05) is 18.3 Å². The average Bonchev–Trinajstić information content (AvgIpc) is 2.77. The van der Waals surface area contributed by atoms with Crippen LogP contribution in [0.2, 0.25) is 0 Å². The minimum Gasteiger partial charge on any atom is -0.287 e. The van der Waals surface area contributed by atoms with Gasteiger partial charge >= 0.3 is 0 Å². The van der Waals surface area contributed by atoms with Gasteiger partial charge in [0.05, 0.1) is 0 Å². The molecule has 1 aromatic heterocycles. The average molecular weight is 242 g/mol. The molecule has 0 N–H and O–H groups in total. The normalized spacial score (nSPS) is 10.6. The van der Waals surface area contributed by atoms with E-state index in [1.807, 2.05) is 32.0 Å². The van der Waals surface area contributed by atoms with E-state index in [0.29, 0.717) is 5.69 Å². The van der Waals surface area contributed by atoms with Crippen molar-refractivity contribution >= 4 is 5.78 Å². The van der Waals surface area contributed by atoms with Crippen molar-refractivity contribution in [2.24, 2.45) is 0 Å². The summed E-state index contributed by atoms with van der Waals surface area (Å²) in [4.78, 5) is 12.6. The molecule has 3 heteroatoms. The maximum atomic E-state index is 12.6. The van der Waals surface area contributed by atoms with Crippen LogP contribution in [0.15, 0.2) is 30.5 Å². The molecular weight excluding hydrogens is 224 g/mol. The largest absolute Gasteiger partial charge is 0.287 e. The quantitative estimate of drug-likeness (QED) is 0.772. The van der Waals surface area contributed by atoms with Gasteiger partial charge in [-0.05, 0) is 37.5 Å². The molecule has 0 saturated heterocycles. The third-order valence-corrected chi connectivity index (χ3v) is 3.09. The summed E-state index contributed by atoms with van der Waals surface area (Å²) in [5.41, 5.74) is 3.51. The van der Waals surface area contributed by atoms with Gasteiger partial charge in [0.15, 0.2) is 0 Å². The van der Waals surface area contributed by atoms with Gasteiger partial charge in [0.2, 0.25) is 5.78 Å². The van der Waals surface area contributed by atoms with Gasteiger partial charge in [0.1, 0.15) is 5.69 Å². The first-order valence-electron chi connectivity index (χ1n) is 6.28. The highest BCUT2D eigenvalue weighted by Gasteiger charge is 2.17. The monoisotopic (exact) mass is 242 g/mol. The molecule has 2 aromatic rings. The topological polar surface area (TPSA) is 34.9 Å². The fourth-order valence-corrected chi connectivity index (χ4v) is 2.22. The summed E-state index contributed by atoms with van der Waals surface area (Å²) in [6.45, 7) is 6.80. The predicted octanol–water partition coefficient (Wildman–Crippen LogP) is 3.14. The molecule has 0 atom stereocenters. The molecule has 1 heterocycles. The number of nitrogens with zero attached hydrogens (tertiary/aromatic N) is 2. The molecule has 1 aromatic carbocycles. The van der Waals surface area contributed by atoms with Gasteiger partial charge in [-0.1, -0.05) is 25.1 Å². The van der Waals surface area contributed by atoms with Crippen molar-refractivity contribution in [1.29, 1.82) is 0 Å². The lowest BCUT2D eigenvalue weighted by atomic mass is 9.97. The summed E-state index contributed by atoms with van der Waals surface area (Å²) in [6.07, 6.45) is 2.66. The van der Waals surface area contributed by atoms with Crippen molar-refractivity contribution < 1.29 is 4.79 Å². The zero-order valence-corrected chi connectivity index (χ0v) is 11.1. The van der Waals surface area contributed by atoms with Crippen LogP contribution >= 0.6 is 0 Å². The molecule has 3 nitrogen and oxygen atoms in total. The lowest BCUT2D eigenvalue weighted by Crippen LogP contribution is -2.13. The van der Waals surface area contributed by atoms with Crippen LogP contribution in [-0.2, 0) is 6.54 Å². The lowest BCUT2D eigenvalue weighted by Gasteiger charge is -2.10. The van der Waals surface area contributed by atoms with Crippen LogP contribution in [-0.4, -0.2) is 15.6 Å². The van der Waals surface area contributed by atoms with Gasteiger partial charge in [-0.15, -0.1) is 0 Å². The molecule has 0 aliphatic rings. The van der Waals surface area contributed by atoms with E-state index in [4.69, 9.17) is 0 Å². The number of hydrogen-bond acceptors (Lipinski definition) is 2. The van der Waals surface area contributed by atoms with Crippen LogP contribution in [0.3, 0.4) is 0 Å². The fourth-order valence-electron chi connectivity index (χ4n) is 2.22. The van der Waals surface area contributed by atoms with Crippen LogP contribution in [0.1, 0.15) is 40.5 Å². The van der Waals surface area contributed by atoms with Crippen LogP contribution < -0.4 is 0 Å². The molecular formula is C15H18N2O. The van der Waals surface area contributed by atoms with E-state index in [2.05, 4.69) is 12.0 Å². The minimum absolute atomic E-state index is 0.0663. The van der Waals surface area contributed by atoms with Crippen LogP contribution in [0.5, 0.6) is 0 Å². The number of rotatable bonds is 4. The second-order valence-corrected chi connectivity index (χ2v) is 4.54. The summed E-state index contributed by atoms with van der Waals surface area (Å²) in [6, 6.07) is 7.72. The second-order valence-electron chi connectivity index (χ2n) is 4.54. The second kappa shape index (κ2) is 5.17. The van der Waals surface area contributed by atoms with Crippen LogP contribution in [0.4, 0.5) is 0 Å². The van der Waals surface area contributed by atoms with Gasteiger partial charge in [0.25, 0.3) is 0 Å². The summed E-state index contributed by atoms with van der Waals surface area (Å²) in [5, 5.41) is 4.21. The van der Waals surface area contributed by atoms with E-state index >= 15 is 0 Å². The summed E-state index contributed by atoms with van der Waals surface area (Å²) >= 11 is 0. The fraction of sp³-hybridized carbons (Fsp3) is 0.333. The van der Waals surface area contributed by atoms with Crippen molar-refractivity contribution in [3.8, 4) is 0 Å². The molecule has 0 saturated carbocycles. The van der Waals surface area contributed by atoms with Crippen molar-refractivity contribution in [2.75, 3.05) is 0 Å². The van der Waals surface area contributed by atoms with Crippen molar-refractivity contribution in [3.05, 3.63) is 52.8 Å². The molecule has 0 aliphatic heterocycles. The summed E-state index contributed by atoms with van der Waals surface area (Å²) in [5.74, 6) is 0.0663. The van der Waals surface area contributed by atoms with Gasteiger partial charge in [-0.3, -0.25) is 9.48 Å². The highest BCUT2D eigenvalue weighted by molar-refractivity contribution is 6.09. The SMILES string of the molecule is CCCn1nccc1C(=O)c1c(C)cccc1C. The Kier molecular flexibility index (Phi) is 3.60. The molecule has 0 aliphatic carbocycles. The molecule has 0 fully saturated rings. The number of benzene rings is 1. The zero-order chi connectivity index (χ0) is 13.1. The first-order chi connectivity index (χ1) is 8.65. The number of carbonyl (C=O) groups is 1. The van der Waals surface area contributed by atoms with Crippen LogP contribution in [0.25, 0.3) is 0 Å². The third kappa shape index (κ3) is 2.21. The highest BCUT2D eigenvalue weighted by atomic mass is 16.1. The molecule has 0 amide bonds. The number of hydrogen-bond donors (Lipinski definition) is 0. The molecule has 94 valence electrons. The summed E-state index contributed by atoms with van der Waals surface area (Å²) < 4.78 is 1.79. The maximum absolute atomic E-state index is 12.6. The van der Waals surface area contributed by atoms with E-state index < -0.39 is 0 Å². The Morgan fingerprint density at radius 1 is 1.22 bits per heavy atom. The molecule has 18 heavy (non-hydrogen) atoms. The number of carbonyl (C=O) groups excluding carboxylic acids is 1. The van der Waals surface area contributed by atoms with E-state index in [1.165, 1.54) is 0 Å². The minimum atomic E-state index is 0.0663. The molecule has 0 spiro atoms.